The van der Waals surface area contributed by atoms with Crippen LogP contribution in [0.25, 0.3) is 0 Å². The van der Waals surface area contributed by atoms with Crippen LogP contribution < -0.4 is 5.32 Å². The van der Waals surface area contributed by atoms with Gasteiger partial charge in [0.05, 0.1) is 4.92 Å². The van der Waals surface area contributed by atoms with Crippen LogP contribution in [0, 0.1) is 10.1 Å². The van der Waals surface area contributed by atoms with Gasteiger partial charge in [-0.1, -0.05) is 11.3 Å². The highest BCUT2D eigenvalue weighted by Gasteiger charge is 2.12. The molecule has 0 bridgehead atoms. The lowest BCUT2D eigenvalue weighted by molar-refractivity contribution is -0.380. The van der Waals surface area contributed by atoms with Crippen LogP contribution in [0.15, 0.2) is 12.1 Å². The number of hydrogen-bond acceptors (Lipinski definition) is 4. The summed E-state index contributed by atoms with van der Waals surface area (Å²) in [5.74, 6) is 0. The molecule has 0 fully saturated rings. The Morgan fingerprint density at radius 2 is 2.33 bits per heavy atom. The fourth-order valence-electron chi connectivity index (χ4n) is 0.815. The summed E-state index contributed by atoms with van der Waals surface area (Å²) in [5.41, 5.74) is 0. The molecule has 0 aliphatic rings. The lowest BCUT2D eigenvalue weighted by atomic mass is 10.3. The van der Waals surface area contributed by atoms with Gasteiger partial charge in [-0.2, -0.15) is 0 Å². The lowest BCUT2D eigenvalue weighted by Crippen LogP contribution is -2.10. The van der Waals surface area contributed by atoms with Crippen molar-refractivity contribution >= 4 is 16.3 Å². The Kier molecular flexibility index (Phi) is 2.78. The van der Waals surface area contributed by atoms with Gasteiger partial charge in [-0.05, 0) is 20.0 Å². The monoisotopic (exact) mass is 186 g/mol. The first-order valence-corrected chi connectivity index (χ1v) is 4.38. The molecule has 1 atom stereocenters. The zero-order valence-corrected chi connectivity index (χ0v) is 7.72. The molecule has 0 saturated heterocycles. The second-order valence-electron chi connectivity index (χ2n) is 2.44. The number of nitrogens with zero attached hydrogens (tertiary/aromatic N) is 1. The molecule has 1 heterocycles. The highest BCUT2D eigenvalue weighted by atomic mass is 32.1. The van der Waals surface area contributed by atoms with E-state index in [9.17, 15) is 10.1 Å². The molecule has 5 heteroatoms. The van der Waals surface area contributed by atoms with Crippen molar-refractivity contribution in [1.82, 2.24) is 5.32 Å². The second-order valence-corrected chi connectivity index (χ2v) is 3.54. The zero-order valence-electron chi connectivity index (χ0n) is 6.90. The third-order valence-corrected chi connectivity index (χ3v) is 2.87. The van der Waals surface area contributed by atoms with Gasteiger partial charge in [0.25, 0.3) is 0 Å². The lowest BCUT2D eigenvalue weighted by Gasteiger charge is -2.04. The minimum absolute atomic E-state index is 0.184. The van der Waals surface area contributed by atoms with E-state index in [2.05, 4.69) is 5.32 Å². The summed E-state index contributed by atoms with van der Waals surface area (Å²) in [5, 5.41) is 13.5. The van der Waals surface area contributed by atoms with Crippen LogP contribution in [-0.2, 0) is 0 Å². The molecular weight excluding hydrogens is 176 g/mol. The summed E-state index contributed by atoms with van der Waals surface area (Å²) < 4.78 is 0. The third kappa shape index (κ3) is 1.80. The molecule has 66 valence electrons. The highest BCUT2D eigenvalue weighted by Crippen LogP contribution is 2.28. The van der Waals surface area contributed by atoms with E-state index in [0.29, 0.717) is 0 Å². The van der Waals surface area contributed by atoms with Gasteiger partial charge in [0, 0.05) is 17.0 Å². The van der Waals surface area contributed by atoms with E-state index >= 15 is 0 Å². The first kappa shape index (κ1) is 9.15. The molecule has 1 rings (SSSR count). The quantitative estimate of drug-likeness (QED) is 0.579. The smallest absolute Gasteiger partial charge is 0.313 e. The molecule has 1 aromatic heterocycles. The van der Waals surface area contributed by atoms with E-state index in [4.69, 9.17) is 0 Å². The van der Waals surface area contributed by atoms with Crippen LogP contribution >= 0.6 is 11.3 Å². The summed E-state index contributed by atoms with van der Waals surface area (Å²) >= 11 is 1.21. The largest absolute Gasteiger partial charge is 0.324 e. The maximum atomic E-state index is 10.3. The topological polar surface area (TPSA) is 55.2 Å². The average Bonchev–Trinajstić information content (AvgIpc) is 2.51. The Balaban J connectivity index is 2.84. The molecule has 12 heavy (non-hydrogen) atoms. The highest BCUT2D eigenvalue weighted by molar-refractivity contribution is 7.15. The predicted molar refractivity (Wildman–Crippen MR) is 48.4 cm³/mol. The van der Waals surface area contributed by atoms with Crippen LogP contribution in [0.5, 0.6) is 0 Å². The molecular formula is C7H10N2O2S. The van der Waals surface area contributed by atoms with Crippen molar-refractivity contribution in [3.63, 3.8) is 0 Å². The Labute approximate surface area is 74.4 Å². The molecule has 0 saturated carbocycles. The second kappa shape index (κ2) is 3.64. The van der Waals surface area contributed by atoms with Crippen molar-refractivity contribution in [2.45, 2.75) is 13.0 Å². The summed E-state index contributed by atoms with van der Waals surface area (Å²) in [7, 11) is 1.83. The molecule has 0 aliphatic carbocycles. The van der Waals surface area contributed by atoms with E-state index in [0.717, 1.165) is 4.88 Å². The summed E-state index contributed by atoms with van der Waals surface area (Å²) in [4.78, 5) is 10.9. The fraction of sp³-hybridized carbons (Fsp3) is 0.429. The SMILES string of the molecule is CN[C@H](C)c1ccc([N+](=O)[O-])s1. The van der Waals surface area contributed by atoms with Crippen molar-refractivity contribution in [3.05, 3.63) is 27.1 Å². The van der Waals surface area contributed by atoms with Crippen molar-refractivity contribution < 1.29 is 4.92 Å². The number of rotatable bonds is 3. The van der Waals surface area contributed by atoms with Crippen molar-refractivity contribution in [3.8, 4) is 0 Å². The first-order chi connectivity index (χ1) is 5.65. The minimum Gasteiger partial charge on any atom is -0.313 e. The van der Waals surface area contributed by atoms with Gasteiger partial charge in [-0.3, -0.25) is 10.1 Å². The molecule has 0 aromatic carbocycles. The average molecular weight is 186 g/mol. The van der Waals surface area contributed by atoms with Gasteiger partial charge < -0.3 is 5.32 Å². The maximum Gasteiger partial charge on any atom is 0.324 e. The predicted octanol–water partition coefficient (Wildman–Crippen LogP) is 1.94. The first-order valence-electron chi connectivity index (χ1n) is 3.56. The van der Waals surface area contributed by atoms with Gasteiger partial charge in [0.15, 0.2) is 0 Å². The molecule has 0 unspecified atom stereocenters. The van der Waals surface area contributed by atoms with E-state index < -0.39 is 0 Å². The van der Waals surface area contributed by atoms with Crippen molar-refractivity contribution in [2.75, 3.05) is 7.05 Å². The molecule has 1 N–H and O–H groups in total. The van der Waals surface area contributed by atoms with Gasteiger partial charge in [0.1, 0.15) is 0 Å². The number of thiophene rings is 1. The van der Waals surface area contributed by atoms with E-state index in [1.807, 2.05) is 14.0 Å². The fourth-order valence-corrected chi connectivity index (χ4v) is 1.70. The van der Waals surface area contributed by atoms with E-state index in [1.165, 1.54) is 17.4 Å². The molecule has 1 aromatic rings. The van der Waals surface area contributed by atoms with Gasteiger partial charge >= 0.3 is 5.00 Å². The normalized spacial score (nSPS) is 12.8. The van der Waals surface area contributed by atoms with Gasteiger partial charge in [0.2, 0.25) is 0 Å². The van der Waals surface area contributed by atoms with Crippen molar-refractivity contribution in [1.29, 1.82) is 0 Å². The van der Waals surface area contributed by atoms with Crippen LogP contribution in [0.2, 0.25) is 0 Å². The number of nitrogens with one attached hydrogen (secondary N) is 1. The molecule has 0 radical (unpaired) electrons. The zero-order chi connectivity index (χ0) is 9.14. The summed E-state index contributed by atoms with van der Waals surface area (Å²) in [6, 6.07) is 3.50. The molecule has 4 nitrogen and oxygen atoms in total. The maximum absolute atomic E-state index is 10.3. The number of hydrogen-bond donors (Lipinski definition) is 1. The third-order valence-electron chi connectivity index (χ3n) is 1.65. The Morgan fingerprint density at radius 3 is 2.75 bits per heavy atom. The summed E-state index contributed by atoms with van der Waals surface area (Å²) in [6.07, 6.45) is 0. The Bertz CT molecular complexity index is 285. The Morgan fingerprint density at radius 1 is 1.67 bits per heavy atom. The van der Waals surface area contributed by atoms with E-state index in [1.54, 1.807) is 6.07 Å². The van der Waals surface area contributed by atoms with Gasteiger partial charge in [-0.25, -0.2) is 0 Å². The van der Waals surface area contributed by atoms with Crippen LogP contribution in [0.4, 0.5) is 5.00 Å². The van der Waals surface area contributed by atoms with Crippen LogP contribution in [0.1, 0.15) is 17.8 Å². The van der Waals surface area contributed by atoms with Crippen LogP contribution in [-0.4, -0.2) is 12.0 Å². The molecule has 0 spiro atoms. The minimum atomic E-state index is -0.365. The van der Waals surface area contributed by atoms with Crippen LogP contribution in [0.3, 0.4) is 0 Å². The van der Waals surface area contributed by atoms with E-state index in [-0.39, 0.29) is 16.0 Å². The van der Waals surface area contributed by atoms with Crippen molar-refractivity contribution in [2.24, 2.45) is 0 Å². The standard InChI is InChI=1S/C7H10N2O2S/c1-5(8-2)6-3-4-7(12-6)9(10)11/h3-5,8H,1-2H3/t5-/m1/s1. The molecule has 0 amide bonds. The Hall–Kier alpha value is -0.940. The summed E-state index contributed by atoms with van der Waals surface area (Å²) in [6.45, 7) is 1.97. The molecule has 0 aliphatic heterocycles. The number of nitro groups is 1. The van der Waals surface area contributed by atoms with Gasteiger partial charge in [-0.15, -0.1) is 0 Å².